The number of alkyl halides is 1. The first-order valence-corrected chi connectivity index (χ1v) is 7.08. The van der Waals surface area contributed by atoms with Gasteiger partial charge in [0.25, 0.3) is 0 Å². The van der Waals surface area contributed by atoms with Crippen LogP contribution in [0.15, 0.2) is 29.6 Å². The Morgan fingerprint density at radius 3 is 2.76 bits per heavy atom. The van der Waals surface area contributed by atoms with Gasteiger partial charge in [-0.3, -0.25) is 0 Å². The Morgan fingerprint density at radius 2 is 2.06 bits per heavy atom. The summed E-state index contributed by atoms with van der Waals surface area (Å²) >= 11 is 5.01. The fraction of sp³-hybridized carbons (Fsp3) is 0.231. The van der Waals surface area contributed by atoms with E-state index >= 15 is 0 Å². The third-order valence-corrected chi connectivity index (χ3v) is 4.90. The summed E-state index contributed by atoms with van der Waals surface area (Å²) in [5, 5.41) is 1.97. The predicted octanol–water partition coefficient (Wildman–Crippen LogP) is 5.07. The van der Waals surface area contributed by atoms with Crippen molar-refractivity contribution in [2.24, 2.45) is 0 Å². The van der Waals surface area contributed by atoms with E-state index < -0.39 is 5.82 Å². The molecule has 0 bridgehead atoms. The summed E-state index contributed by atoms with van der Waals surface area (Å²) in [4.78, 5) is 0.755. The fourth-order valence-corrected chi connectivity index (χ4v) is 3.67. The first kappa shape index (κ1) is 12.7. The van der Waals surface area contributed by atoms with Crippen molar-refractivity contribution in [3.05, 3.63) is 57.3 Å². The molecule has 1 unspecified atom stereocenters. The number of benzene rings is 1. The molecular weight excluding hydrogens is 306 g/mol. The second kappa shape index (κ2) is 5.27. The van der Waals surface area contributed by atoms with Crippen LogP contribution in [0.3, 0.4) is 0 Å². The molecule has 1 aromatic heterocycles. The number of thiophene rings is 1. The molecule has 0 N–H and O–H groups in total. The summed E-state index contributed by atoms with van der Waals surface area (Å²) in [5.74, 6) is -0.802. The number of hydrogen-bond acceptors (Lipinski definition) is 1. The SMILES string of the molecule is CCc1ccsc1C(Br)c1cc(F)ccc1F. The highest BCUT2D eigenvalue weighted by atomic mass is 79.9. The van der Waals surface area contributed by atoms with Gasteiger partial charge in [0.1, 0.15) is 11.6 Å². The van der Waals surface area contributed by atoms with Gasteiger partial charge in [-0.2, -0.15) is 0 Å². The van der Waals surface area contributed by atoms with E-state index in [1.54, 1.807) is 11.3 Å². The standard InChI is InChI=1S/C13H11BrF2S/c1-2-8-5-6-17-13(8)12(14)10-7-9(15)3-4-11(10)16/h3-7,12H,2H2,1H3. The highest BCUT2D eigenvalue weighted by Gasteiger charge is 2.19. The minimum absolute atomic E-state index is 0.284. The molecule has 2 aromatic rings. The van der Waals surface area contributed by atoms with Crippen molar-refractivity contribution in [3.63, 3.8) is 0 Å². The second-order valence-corrected chi connectivity index (χ2v) is 5.56. The molecule has 2 rings (SSSR count). The minimum Gasteiger partial charge on any atom is -0.207 e. The van der Waals surface area contributed by atoms with Crippen LogP contribution in [0.4, 0.5) is 8.78 Å². The average Bonchev–Trinajstić information content (AvgIpc) is 2.79. The third-order valence-electron chi connectivity index (χ3n) is 2.62. The van der Waals surface area contributed by atoms with Crippen molar-refractivity contribution in [1.82, 2.24) is 0 Å². The van der Waals surface area contributed by atoms with Crippen molar-refractivity contribution in [1.29, 1.82) is 0 Å². The van der Waals surface area contributed by atoms with Crippen LogP contribution in [0.2, 0.25) is 0 Å². The van der Waals surface area contributed by atoms with Crippen LogP contribution >= 0.6 is 27.3 Å². The van der Waals surface area contributed by atoms with Gasteiger partial charge in [-0.1, -0.05) is 22.9 Å². The molecule has 0 aliphatic rings. The van der Waals surface area contributed by atoms with Crippen molar-refractivity contribution < 1.29 is 8.78 Å². The average molecular weight is 317 g/mol. The summed E-state index contributed by atoms with van der Waals surface area (Å²) in [6.07, 6.45) is 0.887. The highest BCUT2D eigenvalue weighted by molar-refractivity contribution is 9.09. The molecule has 0 spiro atoms. The zero-order valence-corrected chi connectivity index (χ0v) is 11.6. The lowest BCUT2D eigenvalue weighted by Gasteiger charge is -2.11. The zero-order chi connectivity index (χ0) is 12.4. The van der Waals surface area contributed by atoms with Crippen molar-refractivity contribution >= 4 is 27.3 Å². The van der Waals surface area contributed by atoms with E-state index in [2.05, 4.69) is 15.9 Å². The lowest BCUT2D eigenvalue weighted by Crippen LogP contribution is -1.98. The first-order chi connectivity index (χ1) is 8.13. The Morgan fingerprint density at radius 1 is 1.29 bits per heavy atom. The monoisotopic (exact) mass is 316 g/mol. The maximum Gasteiger partial charge on any atom is 0.128 e. The lowest BCUT2D eigenvalue weighted by molar-refractivity contribution is 0.588. The molecule has 1 heterocycles. The van der Waals surface area contributed by atoms with Crippen LogP contribution in [0.25, 0.3) is 0 Å². The molecule has 0 aliphatic carbocycles. The molecule has 0 fully saturated rings. The number of aryl methyl sites for hydroxylation is 1. The Hall–Kier alpha value is -0.740. The van der Waals surface area contributed by atoms with Gasteiger partial charge in [-0.05, 0) is 41.6 Å². The van der Waals surface area contributed by atoms with E-state index in [0.717, 1.165) is 23.4 Å². The van der Waals surface area contributed by atoms with Gasteiger partial charge in [0.05, 0.1) is 4.83 Å². The van der Waals surface area contributed by atoms with E-state index in [0.29, 0.717) is 5.56 Å². The van der Waals surface area contributed by atoms with Gasteiger partial charge in [-0.15, -0.1) is 11.3 Å². The maximum atomic E-state index is 13.7. The van der Waals surface area contributed by atoms with Crippen LogP contribution in [0.1, 0.15) is 27.8 Å². The van der Waals surface area contributed by atoms with Gasteiger partial charge in [0.2, 0.25) is 0 Å². The second-order valence-electron chi connectivity index (χ2n) is 3.69. The molecule has 1 atom stereocenters. The highest BCUT2D eigenvalue weighted by Crippen LogP contribution is 2.38. The minimum atomic E-state index is -0.416. The molecule has 0 radical (unpaired) electrons. The van der Waals surface area contributed by atoms with Crippen LogP contribution in [-0.4, -0.2) is 0 Å². The smallest absolute Gasteiger partial charge is 0.128 e. The molecular formula is C13H11BrF2S. The van der Waals surface area contributed by atoms with E-state index in [1.165, 1.54) is 11.6 Å². The molecule has 0 nitrogen and oxygen atoms in total. The van der Waals surface area contributed by atoms with Crippen molar-refractivity contribution in [2.75, 3.05) is 0 Å². The largest absolute Gasteiger partial charge is 0.207 e. The maximum absolute atomic E-state index is 13.7. The molecule has 0 saturated heterocycles. The Balaban J connectivity index is 2.43. The summed E-state index contributed by atoms with van der Waals surface area (Å²) in [5.41, 5.74) is 1.52. The van der Waals surface area contributed by atoms with E-state index in [4.69, 9.17) is 0 Å². The van der Waals surface area contributed by atoms with Gasteiger partial charge >= 0.3 is 0 Å². The molecule has 0 aliphatic heterocycles. The van der Waals surface area contributed by atoms with Crippen LogP contribution in [0, 0.1) is 11.6 Å². The first-order valence-electron chi connectivity index (χ1n) is 5.28. The molecule has 4 heteroatoms. The van der Waals surface area contributed by atoms with Gasteiger partial charge in [-0.25, -0.2) is 8.78 Å². The number of hydrogen-bond donors (Lipinski definition) is 0. The molecule has 0 amide bonds. The fourth-order valence-electron chi connectivity index (χ4n) is 1.71. The number of halogens is 3. The van der Waals surface area contributed by atoms with Crippen LogP contribution in [-0.2, 0) is 6.42 Å². The van der Waals surface area contributed by atoms with E-state index in [9.17, 15) is 8.78 Å². The molecule has 1 aromatic carbocycles. The summed E-state index contributed by atoms with van der Waals surface area (Å²) in [6.45, 7) is 2.05. The Labute approximate surface area is 111 Å². The number of rotatable bonds is 3. The van der Waals surface area contributed by atoms with Crippen LogP contribution < -0.4 is 0 Å². The quantitative estimate of drug-likeness (QED) is 0.693. The van der Waals surface area contributed by atoms with E-state index in [1.807, 2.05) is 18.4 Å². The topological polar surface area (TPSA) is 0 Å². The normalized spacial score (nSPS) is 12.7. The van der Waals surface area contributed by atoms with Gasteiger partial charge < -0.3 is 0 Å². The predicted molar refractivity (Wildman–Crippen MR) is 70.8 cm³/mol. The van der Waals surface area contributed by atoms with Gasteiger partial charge in [0, 0.05) is 10.4 Å². The van der Waals surface area contributed by atoms with Crippen molar-refractivity contribution in [3.8, 4) is 0 Å². The van der Waals surface area contributed by atoms with Crippen molar-refractivity contribution in [2.45, 2.75) is 18.2 Å². The molecule has 90 valence electrons. The third kappa shape index (κ3) is 2.58. The molecule has 17 heavy (non-hydrogen) atoms. The summed E-state index contributed by atoms with van der Waals surface area (Å²) in [6, 6.07) is 5.56. The summed E-state index contributed by atoms with van der Waals surface area (Å²) in [7, 11) is 0. The van der Waals surface area contributed by atoms with Crippen LogP contribution in [0.5, 0.6) is 0 Å². The Kier molecular flexibility index (Phi) is 3.94. The molecule has 0 saturated carbocycles. The van der Waals surface area contributed by atoms with Gasteiger partial charge in [0.15, 0.2) is 0 Å². The lowest BCUT2D eigenvalue weighted by atomic mass is 10.1. The Bertz CT molecular complexity index is 522. The van der Waals surface area contributed by atoms with E-state index in [-0.39, 0.29) is 10.6 Å². The zero-order valence-electron chi connectivity index (χ0n) is 9.21. The summed E-state index contributed by atoms with van der Waals surface area (Å²) < 4.78 is 26.8.